The molecule has 3 N–H and O–H groups in total. The maximum absolute atomic E-state index is 11.8. The number of rotatable bonds is 6. The van der Waals surface area contributed by atoms with Crippen molar-refractivity contribution in [2.75, 3.05) is 22.8 Å². The first-order valence-corrected chi connectivity index (χ1v) is 7.58. The summed E-state index contributed by atoms with van der Waals surface area (Å²) < 4.78 is 32.8. The smallest absolute Gasteiger partial charge is 0.237 e. The van der Waals surface area contributed by atoms with Gasteiger partial charge in [0.15, 0.2) is 5.82 Å². The summed E-state index contributed by atoms with van der Waals surface area (Å²) in [6, 6.07) is 8.40. The minimum atomic E-state index is -3.48. The maximum atomic E-state index is 11.8. The van der Waals surface area contributed by atoms with Crippen molar-refractivity contribution in [1.29, 1.82) is 0 Å². The van der Waals surface area contributed by atoms with Crippen LogP contribution in [0.3, 0.4) is 0 Å². The Morgan fingerprint density at radius 2 is 2.20 bits per heavy atom. The molecule has 0 aliphatic rings. The molecule has 1 aromatic carbocycles. The Bertz CT molecular complexity index is 682. The zero-order valence-electron chi connectivity index (χ0n) is 11.0. The lowest BCUT2D eigenvalue weighted by atomic mass is 10.3. The SMILES string of the molecule is Cn1ccc(NS(=O)(=O)CCOc2cccc(N)c2)n1. The van der Waals surface area contributed by atoms with Crippen molar-refractivity contribution >= 4 is 21.5 Å². The Morgan fingerprint density at radius 3 is 2.85 bits per heavy atom. The molecule has 0 unspecified atom stereocenters. The van der Waals surface area contributed by atoms with Gasteiger partial charge in [0.1, 0.15) is 18.1 Å². The van der Waals surface area contributed by atoms with Crippen LogP contribution in [0.25, 0.3) is 0 Å². The van der Waals surface area contributed by atoms with Gasteiger partial charge in [-0.2, -0.15) is 5.10 Å². The van der Waals surface area contributed by atoms with Gasteiger partial charge in [-0.05, 0) is 12.1 Å². The number of benzene rings is 1. The fourth-order valence-corrected chi connectivity index (χ4v) is 2.39. The van der Waals surface area contributed by atoms with Crippen LogP contribution < -0.4 is 15.2 Å². The van der Waals surface area contributed by atoms with Gasteiger partial charge in [-0.1, -0.05) is 6.07 Å². The van der Waals surface area contributed by atoms with E-state index in [0.29, 0.717) is 11.4 Å². The fourth-order valence-electron chi connectivity index (χ4n) is 1.55. The molecule has 0 fully saturated rings. The van der Waals surface area contributed by atoms with Crippen LogP contribution in [-0.4, -0.2) is 30.6 Å². The third-order valence-corrected chi connectivity index (χ3v) is 3.68. The van der Waals surface area contributed by atoms with Crippen LogP contribution in [0.1, 0.15) is 0 Å². The van der Waals surface area contributed by atoms with Crippen molar-refractivity contribution in [1.82, 2.24) is 9.78 Å². The quantitative estimate of drug-likeness (QED) is 0.769. The van der Waals surface area contributed by atoms with E-state index in [9.17, 15) is 8.42 Å². The summed E-state index contributed by atoms with van der Waals surface area (Å²) >= 11 is 0. The van der Waals surface area contributed by atoms with E-state index < -0.39 is 10.0 Å². The first-order valence-electron chi connectivity index (χ1n) is 5.93. The van der Waals surface area contributed by atoms with Crippen molar-refractivity contribution in [3.63, 3.8) is 0 Å². The van der Waals surface area contributed by atoms with Crippen molar-refractivity contribution in [3.05, 3.63) is 36.5 Å². The van der Waals surface area contributed by atoms with E-state index in [1.807, 2.05) is 0 Å². The normalized spacial score (nSPS) is 11.2. The molecule has 108 valence electrons. The Hall–Kier alpha value is -2.22. The minimum Gasteiger partial charge on any atom is -0.492 e. The van der Waals surface area contributed by atoms with Gasteiger partial charge in [-0.15, -0.1) is 0 Å². The predicted octanol–water partition coefficient (Wildman–Crippen LogP) is 0.823. The second-order valence-electron chi connectivity index (χ2n) is 4.22. The highest BCUT2D eigenvalue weighted by Gasteiger charge is 2.12. The minimum absolute atomic E-state index is 0.0334. The van der Waals surface area contributed by atoms with E-state index in [1.165, 1.54) is 4.68 Å². The largest absolute Gasteiger partial charge is 0.492 e. The molecule has 8 heteroatoms. The number of hydrogen-bond donors (Lipinski definition) is 2. The van der Waals surface area contributed by atoms with Gasteiger partial charge in [0.2, 0.25) is 10.0 Å². The molecule has 7 nitrogen and oxygen atoms in total. The molecule has 0 spiro atoms. The molecule has 0 aliphatic carbocycles. The molecule has 1 aromatic heterocycles. The molecule has 20 heavy (non-hydrogen) atoms. The summed E-state index contributed by atoms with van der Waals surface area (Å²) in [4.78, 5) is 0. The zero-order chi connectivity index (χ0) is 14.6. The zero-order valence-corrected chi connectivity index (χ0v) is 11.8. The molecular formula is C12H16N4O3S. The van der Waals surface area contributed by atoms with Crippen LogP contribution in [-0.2, 0) is 17.1 Å². The summed E-state index contributed by atoms with van der Waals surface area (Å²) in [5.41, 5.74) is 6.17. The van der Waals surface area contributed by atoms with Gasteiger partial charge in [0.05, 0.1) is 0 Å². The molecule has 1 heterocycles. The molecule has 0 saturated carbocycles. The van der Waals surface area contributed by atoms with Crippen LogP contribution >= 0.6 is 0 Å². The first-order chi connectivity index (χ1) is 9.44. The lowest BCUT2D eigenvalue weighted by molar-refractivity contribution is 0.341. The summed E-state index contributed by atoms with van der Waals surface area (Å²) in [6.45, 7) is 0.0334. The summed E-state index contributed by atoms with van der Waals surface area (Å²) in [6.07, 6.45) is 1.65. The van der Waals surface area contributed by atoms with Crippen molar-refractivity contribution < 1.29 is 13.2 Å². The molecule has 0 aliphatic heterocycles. The number of nitrogens with two attached hydrogens (primary N) is 1. The third-order valence-electron chi connectivity index (χ3n) is 2.45. The fraction of sp³-hybridized carbons (Fsp3) is 0.250. The maximum Gasteiger partial charge on any atom is 0.237 e. The number of sulfonamides is 1. The van der Waals surface area contributed by atoms with Gasteiger partial charge in [-0.25, -0.2) is 8.42 Å². The molecule has 2 rings (SSSR count). The molecule has 2 aromatic rings. The number of nitrogens with zero attached hydrogens (tertiary/aromatic N) is 2. The summed E-state index contributed by atoms with van der Waals surface area (Å²) in [5, 5.41) is 3.94. The number of aromatic nitrogens is 2. The van der Waals surface area contributed by atoms with Crippen molar-refractivity contribution in [3.8, 4) is 5.75 Å². The Labute approximate surface area is 117 Å². The Balaban J connectivity index is 1.86. The summed E-state index contributed by atoms with van der Waals surface area (Å²) in [5.74, 6) is 0.660. The van der Waals surface area contributed by atoms with E-state index in [0.717, 1.165) is 0 Å². The molecule has 0 amide bonds. The third kappa shape index (κ3) is 4.16. The Morgan fingerprint density at radius 1 is 1.40 bits per heavy atom. The van der Waals surface area contributed by atoms with Crippen molar-refractivity contribution in [2.24, 2.45) is 7.05 Å². The lowest BCUT2D eigenvalue weighted by Gasteiger charge is -2.08. The number of ether oxygens (including phenoxy) is 1. The van der Waals surface area contributed by atoms with Crippen LogP contribution in [0.4, 0.5) is 11.5 Å². The molecule has 0 saturated heterocycles. The number of nitrogen functional groups attached to an aromatic ring is 1. The van der Waals surface area contributed by atoms with Crippen molar-refractivity contribution in [2.45, 2.75) is 0 Å². The standard InChI is InChI=1S/C12H16N4O3S/c1-16-6-5-12(14-16)15-20(17,18)8-7-19-11-4-2-3-10(13)9-11/h2-6,9H,7-8,13H2,1H3,(H,14,15). The molecule has 0 radical (unpaired) electrons. The topological polar surface area (TPSA) is 99.2 Å². The van der Waals surface area contributed by atoms with E-state index in [-0.39, 0.29) is 18.2 Å². The summed E-state index contributed by atoms with van der Waals surface area (Å²) in [7, 11) is -1.77. The monoisotopic (exact) mass is 296 g/mol. The van der Waals surface area contributed by atoms with Gasteiger partial charge in [0, 0.05) is 31.1 Å². The second-order valence-corrected chi connectivity index (χ2v) is 6.06. The number of aryl methyl sites for hydroxylation is 1. The predicted molar refractivity (Wildman–Crippen MR) is 77.0 cm³/mol. The van der Waals surface area contributed by atoms with Gasteiger partial charge < -0.3 is 10.5 Å². The number of nitrogens with one attached hydrogen (secondary N) is 1. The number of hydrogen-bond acceptors (Lipinski definition) is 5. The highest BCUT2D eigenvalue weighted by Crippen LogP contribution is 2.14. The highest BCUT2D eigenvalue weighted by atomic mass is 32.2. The highest BCUT2D eigenvalue weighted by molar-refractivity contribution is 7.92. The van der Waals surface area contributed by atoms with E-state index >= 15 is 0 Å². The average Bonchev–Trinajstić information content (AvgIpc) is 2.73. The van der Waals surface area contributed by atoms with Gasteiger partial charge in [-0.3, -0.25) is 9.40 Å². The Kier molecular flexibility index (Phi) is 4.14. The van der Waals surface area contributed by atoms with E-state index in [1.54, 1.807) is 43.6 Å². The van der Waals surface area contributed by atoms with Crippen LogP contribution in [0.5, 0.6) is 5.75 Å². The van der Waals surface area contributed by atoms with Gasteiger partial charge >= 0.3 is 0 Å². The average molecular weight is 296 g/mol. The van der Waals surface area contributed by atoms with Crippen LogP contribution in [0.15, 0.2) is 36.5 Å². The molecule has 0 atom stereocenters. The second kappa shape index (κ2) is 5.83. The number of anilines is 2. The van der Waals surface area contributed by atoms with E-state index in [4.69, 9.17) is 10.5 Å². The molecular weight excluding hydrogens is 280 g/mol. The van der Waals surface area contributed by atoms with Crippen LogP contribution in [0, 0.1) is 0 Å². The molecule has 0 bridgehead atoms. The first kappa shape index (κ1) is 14.2. The van der Waals surface area contributed by atoms with Gasteiger partial charge in [0.25, 0.3) is 0 Å². The van der Waals surface area contributed by atoms with E-state index in [2.05, 4.69) is 9.82 Å². The van der Waals surface area contributed by atoms with Crippen LogP contribution in [0.2, 0.25) is 0 Å². The lowest BCUT2D eigenvalue weighted by Crippen LogP contribution is -2.21.